The van der Waals surface area contributed by atoms with Crippen molar-refractivity contribution < 1.29 is 4.74 Å². The molecule has 0 spiro atoms. The third kappa shape index (κ3) is 2.21. The summed E-state index contributed by atoms with van der Waals surface area (Å²) < 4.78 is 5.17. The zero-order valence-corrected chi connectivity index (χ0v) is 11.1. The lowest BCUT2D eigenvalue weighted by Crippen LogP contribution is -2.33. The number of aromatic nitrogens is 4. The van der Waals surface area contributed by atoms with E-state index >= 15 is 0 Å². The summed E-state index contributed by atoms with van der Waals surface area (Å²) in [7, 11) is 5.46. The van der Waals surface area contributed by atoms with Crippen molar-refractivity contribution in [3.8, 4) is 0 Å². The molecule has 2 N–H and O–H groups in total. The molecule has 0 aliphatic heterocycles. The van der Waals surface area contributed by atoms with Gasteiger partial charge in [0.25, 0.3) is 0 Å². The number of anilines is 2. The van der Waals surface area contributed by atoms with Crippen LogP contribution in [0.4, 0.5) is 11.8 Å². The fourth-order valence-corrected chi connectivity index (χ4v) is 1.75. The molecule has 7 nitrogen and oxygen atoms in total. The predicted octanol–water partition coefficient (Wildman–Crippen LogP) is 0.866. The van der Waals surface area contributed by atoms with Crippen LogP contribution >= 0.6 is 0 Å². The summed E-state index contributed by atoms with van der Waals surface area (Å²) in [5.41, 5.74) is 1.49. The number of methoxy groups -OCH3 is 1. The van der Waals surface area contributed by atoms with E-state index in [1.165, 1.54) is 0 Å². The van der Waals surface area contributed by atoms with Crippen molar-refractivity contribution in [2.75, 3.05) is 38.0 Å². The molecule has 7 heteroatoms. The topological polar surface area (TPSA) is 79.0 Å². The minimum absolute atomic E-state index is 0.209. The number of imidazole rings is 1. The molecule has 0 saturated heterocycles. The molecule has 1 atom stereocenters. The molecule has 2 rings (SSSR count). The summed E-state index contributed by atoms with van der Waals surface area (Å²) in [6.07, 6.45) is 1.62. The number of hydrogen-bond donors (Lipinski definition) is 2. The maximum Gasteiger partial charge on any atom is 0.226 e. The number of aromatic amines is 1. The Hall–Kier alpha value is -1.89. The second-order valence-electron chi connectivity index (χ2n) is 4.14. The van der Waals surface area contributed by atoms with E-state index in [0.29, 0.717) is 18.2 Å². The zero-order valence-electron chi connectivity index (χ0n) is 11.1. The molecule has 18 heavy (non-hydrogen) atoms. The van der Waals surface area contributed by atoms with Gasteiger partial charge in [0.2, 0.25) is 5.95 Å². The fraction of sp³-hybridized carbons (Fsp3) is 0.545. The highest BCUT2D eigenvalue weighted by Gasteiger charge is 2.17. The SMILES string of the molecule is CNc1nc(N(C)C(C)COC)c2[nH]cnc2n1. The van der Waals surface area contributed by atoms with E-state index < -0.39 is 0 Å². The number of fused-ring (bicyclic) bond motifs is 1. The average Bonchev–Trinajstić information content (AvgIpc) is 2.84. The van der Waals surface area contributed by atoms with Crippen molar-refractivity contribution in [3.05, 3.63) is 6.33 Å². The summed E-state index contributed by atoms with van der Waals surface area (Å²) >= 11 is 0. The first-order valence-electron chi connectivity index (χ1n) is 5.78. The Kier molecular flexibility index (Phi) is 3.61. The highest BCUT2D eigenvalue weighted by atomic mass is 16.5. The van der Waals surface area contributed by atoms with Crippen LogP contribution < -0.4 is 10.2 Å². The first-order valence-corrected chi connectivity index (χ1v) is 5.78. The quantitative estimate of drug-likeness (QED) is 0.819. The number of hydrogen-bond acceptors (Lipinski definition) is 6. The van der Waals surface area contributed by atoms with Gasteiger partial charge < -0.3 is 19.9 Å². The molecule has 0 fully saturated rings. The molecule has 0 aliphatic carbocycles. The summed E-state index contributed by atoms with van der Waals surface area (Å²) in [6.45, 7) is 2.71. The van der Waals surface area contributed by atoms with E-state index in [-0.39, 0.29) is 6.04 Å². The monoisotopic (exact) mass is 250 g/mol. The summed E-state index contributed by atoms with van der Waals surface area (Å²) in [4.78, 5) is 18.0. The first-order chi connectivity index (χ1) is 8.67. The Labute approximate surface area is 106 Å². The smallest absolute Gasteiger partial charge is 0.226 e. The second kappa shape index (κ2) is 5.18. The van der Waals surface area contributed by atoms with E-state index in [2.05, 4.69) is 32.2 Å². The van der Waals surface area contributed by atoms with Crippen molar-refractivity contribution in [1.29, 1.82) is 0 Å². The Morgan fingerprint density at radius 1 is 1.50 bits per heavy atom. The van der Waals surface area contributed by atoms with Crippen LogP contribution in [0.3, 0.4) is 0 Å². The van der Waals surface area contributed by atoms with Gasteiger partial charge in [0.05, 0.1) is 19.0 Å². The molecule has 0 amide bonds. The predicted molar refractivity (Wildman–Crippen MR) is 71.0 cm³/mol. The van der Waals surface area contributed by atoms with Crippen molar-refractivity contribution in [2.45, 2.75) is 13.0 Å². The molecular formula is C11H18N6O. The minimum atomic E-state index is 0.209. The lowest BCUT2D eigenvalue weighted by Gasteiger charge is -2.25. The number of nitrogens with one attached hydrogen (secondary N) is 2. The molecule has 0 aromatic carbocycles. The molecule has 0 saturated carbocycles. The molecule has 2 heterocycles. The van der Waals surface area contributed by atoms with Crippen molar-refractivity contribution in [1.82, 2.24) is 19.9 Å². The van der Waals surface area contributed by atoms with Gasteiger partial charge >= 0.3 is 0 Å². The fourth-order valence-electron chi connectivity index (χ4n) is 1.75. The molecule has 2 aromatic heterocycles. The maximum atomic E-state index is 5.17. The van der Waals surface area contributed by atoms with Gasteiger partial charge in [-0.15, -0.1) is 0 Å². The normalized spacial score (nSPS) is 12.7. The zero-order chi connectivity index (χ0) is 13.1. The van der Waals surface area contributed by atoms with Gasteiger partial charge in [0.1, 0.15) is 5.52 Å². The third-order valence-electron chi connectivity index (χ3n) is 2.89. The number of nitrogens with zero attached hydrogens (tertiary/aromatic N) is 4. The average molecular weight is 250 g/mol. The van der Waals surface area contributed by atoms with Gasteiger partial charge in [0, 0.05) is 21.2 Å². The van der Waals surface area contributed by atoms with Crippen LogP contribution in [0.1, 0.15) is 6.92 Å². The van der Waals surface area contributed by atoms with Crippen LogP contribution in [-0.2, 0) is 4.74 Å². The number of H-pyrrole nitrogens is 1. The van der Waals surface area contributed by atoms with Crippen LogP contribution in [0, 0.1) is 0 Å². The van der Waals surface area contributed by atoms with Gasteiger partial charge in [-0.1, -0.05) is 0 Å². The Morgan fingerprint density at radius 3 is 2.94 bits per heavy atom. The van der Waals surface area contributed by atoms with Crippen LogP contribution in [0.5, 0.6) is 0 Å². The molecule has 98 valence electrons. The molecule has 0 bridgehead atoms. The van der Waals surface area contributed by atoms with Gasteiger partial charge in [-0.25, -0.2) is 4.98 Å². The lowest BCUT2D eigenvalue weighted by atomic mass is 10.3. The van der Waals surface area contributed by atoms with Gasteiger partial charge in [0.15, 0.2) is 11.5 Å². The van der Waals surface area contributed by atoms with E-state index in [9.17, 15) is 0 Å². The summed E-state index contributed by atoms with van der Waals surface area (Å²) in [6, 6.07) is 0.209. The third-order valence-corrected chi connectivity index (χ3v) is 2.89. The van der Waals surface area contributed by atoms with Crippen LogP contribution in [0.15, 0.2) is 6.33 Å². The van der Waals surface area contributed by atoms with Crippen molar-refractivity contribution in [3.63, 3.8) is 0 Å². The standard InChI is InChI=1S/C11H18N6O/c1-7(5-18-4)17(3)10-8-9(14-6-13-8)15-11(12-2)16-10/h6-7H,5H2,1-4H3,(H2,12,13,14,15,16). The second-order valence-corrected chi connectivity index (χ2v) is 4.14. The molecule has 1 unspecified atom stereocenters. The van der Waals surface area contributed by atoms with Gasteiger partial charge in [-0.2, -0.15) is 9.97 Å². The van der Waals surface area contributed by atoms with Crippen LogP contribution in [0.2, 0.25) is 0 Å². The highest BCUT2D eigenvalue weighted by Crippen LogP contribution is 2.22. The van der Waals surface area contributed by atoms with Crippen LogP contribution in [-0.4, -0.2) is 53.8 Å². The largest absolute Gasteiger partial charge is 0.383 e. The van der Waals surface area contributed by atoms with E-state index in [1.807, 2.05) is 11.9 Å². The van der Waals surface area contributed by atoms with E-state index in [1.54, 1.807) is 20.5 Å². The first kappa shape index (κ1) is 12.6. The molecule has 0 aliphatic rings. The summed E-state index contributed by atoms with van der Waals surface area (Å²) in [5, 5.41) is 2.94. The van der Waals surface area contributed by atoms with E-state index in [0.717, 1.165) is 11.3 Å². The van der Waals surface area contributed by atoms with E-state index in [4.69, 9.17) is 4.74 Å². The van der Waals surface area contributed by atoms with Crippen molar-refractivity contribution in [2.24, 2.45) is 0 Å². The van der Waals surface area contributed by atoms with Gasteiger partial charge in [-0.05, 0) is 6.92 Å². The number of likely N-dealkylation sites (N-methyl/N-ethyl adjacent to an activating group) is 1. The number of rotatable bonds is 5. The Bertz CT molecular complexity index is 525. The lowest BCUT2D eigenvalue weighted by molar-refractivity contribution is 0.183. The minimum Gasteiger partial charge on any atom is -0.383 e. The Morgan fingerprint density at radius 2 is 2.28 bits per heavy atom. The van der Waals surface area contributed by atoms with Gasteiger partial charge in [-0.3, -0.25) is 0 Å². The van der Waals surface area contributed by atoms with Crippen molar-refractivity contribution >= 4 is 22.9 Å². The highest BCUT2D eigenvalue weighted by molar-refractivity contribution is 5.84. The maximum absolute atomic E-state index is 5.17. The van der Waals surface area contributed by atoms with Crippen LogP contribution in [0.25, 0.3) is 11.2 Å². The molecular weight excluding hydrogens is 232 g/mol. The molecule has 2 aromatic rings. The molecule has 0 radical (unpaired) electrons. The Balaban J connectivity index is 2.44. The number of ether oxygens (including phenoxy) is 1. The summed E-state index contributed by atoms with van der Waals surface area (Å²) in [5.74, 6) is 1.37.